The van der Waals surface area contributed by atoms with Gasteiger partial charge in [-0.3, -0.25) is 4.79 Å². The van der Waals surface area contributed by atoms with Crippen LogP contribution in [0.2, 0.25) is 0 Å². The van der Waals surface area contributed by atoms with E-state index in [2.05, 4.69) is 5.32 Å². The van der Waals surface area contributed by atoms with Crippen LogP contribution in [0.5, 0.6) is 0 Å². The molecule has 0 aromatic carbocycles. The first-order valence-electron chi connectivity index (χ1n) is 4.60. The molecule has 0 bridgehead atoms. The quantitative estimate of drug-likeness (QED) is 0.628. The lowest BCUT2D eigenvalue weighted by Gasteiger charge is -2.25. The molecule has 0 saturated carbocycles. The summed E-state index contributed by atoms with van der Waals surface area (Å²) in [5, 5.41) is 2.85. The molecule has 0 aromatic heterocycles. The van der Waals surface area contributed by atoms with Gasteiger partial charge in [0.05, 0.1) is 0 Å². The van der Waals surface area contributed by atoms with E-state index in [4.69, 9.17) is 10.5 Å². The summed E-state index contributed by atoms with van der Waals surface area (Å²) in [5.74, 6) is -0.0831. The molecular formula is C9H20N2O2. The fourth-order valence-corrected chi connectivity index (χ4v) is 1.03. The van der Waals surface area contributed by atoms with Crippen LogP contribution in [-0.4, -0.2) is 31.2 Å². The minimum Gasteiger partial charge on any atom is -0.372 e. The van der Waals surface area contributed by atoms with E-state index in [0.29, 0.717) is 13.2 Å². The average molecular weight is 188 g/mol. The molecule has 0 saturated heterocycles. The average Bonchev–Trinajstić information content (AvgIpc) is 1.99. The molecule has 78 valence electrons. The molecule has 1 amide bonds. The van der Waals surface area contributed by atoms with Crippen molar-refractivity contribution in [3.63, 3.8) is 0 Å². The summed E-state index contributed by atoms with van der Waals surface area (Å²) >= 11 is 0. The number of nitrogens with two attached hydrogens (primary N) is 1. The zero-order valence-electron chi connectivity index (χ0n) is 8.72. The molecule has 0 aliphatic rings. The van der Waals surface area contributed by atoms with Gasteiger partial charge in [0.1, 0.15) is 6.61 Å². The summed E-state index contributed by atoms with van der Waals surface area (Å²) in [6.07, 6.45) is 0.769. The lowest BCUT2D eigenvalue weighted by atomic mass is 10.0. The van der Waals surface area contributed by atoms with Crippen molar-refractivity contribution in [2.75, 3.05) is 19.8 Å². The van der Waals surface area contributed by atoms with Crippen molar-refractivity contribution in [2.45, 2.75) is 32.7 Å². The number of nitrogens with one attached hydrogen (secondary N) is 1. The third-order valence-corrected chi connectivity index (χ3v) is 1.68. The second-order valence-electron chi connectivity index (χ2n) is 3.61. The summed E-state index contributed by atoms with van der Waals surface area (Å²) in [7, 11) is 0. The molecule has 0 atom stereocenters. The van der Waals surface area contributed by atoms with Crippen LogP contribution in [0.3, 0.4) is 0 Å². The van der Waals surface area contributed by atoms with E-state index in [9.17, 15) is 4.79 Å². The van der Waals surface area contributed by atoms with E-state index in [1.165, 1.54) is 0 Å². The van der Waals surface area contributed by atoms with Gasteiger partial charge in [-0.25, -0.2) is 0 Å². The molecule has 0 heterocycles. The van der Waals surface area contributed by atoms with Gasteiger partial charge in [0.25, 0.3) is 0 Å². The monoisotopic (exact) mass is 188 g/mol. The van der Waals surface area contributed by atoms with Crippen LogP contribution in [0.4, 0.5) is 0 Å². The van der Waals surface area contributed by atoms with Gasteiger partial charge in [-0.15, -0.1) is 0 Å². The number of carbonyl (C=O) groups excluding carboxylic acids is 1. The second-order valence-corrected chi connectivity index (χ2v) is 3.61. The number of hydrogen-bond donors (Lipinski definition) is 2. The normalized spacial score (nSPS) is 11.4. The molecule has 0 rings (SSSR count). The molecule has 13 heavy (non-hydrogen) atoms. The fraction of sp³-hybridized carbons (Fsp3) is 0.889. The molecule has 0 aliphatic heterocycles. The van der Waals surface area contributed by atoms with E-state index in [-0.39, 0.29) is 18.1 Å². The molecule has 4 nitrogen and oxygen atoms in total. The lowest BCUT2D eigenvalue weighted by molar-refractivity contribution is -0.127. The molecule has 3 N–H and O–H groups in total. The molecule has 0 aliphatic carbocycles. The molecule has 0 fully saturated rings. The molecule has 0 radical (unpaired) electrons. The highest BCUT2D eigenvalue weighted by atomic mass is 16.5. The summed E-state index contributed by atoms with van der Waals surface area (Å²) < 4.78 is 4.98. The summed E-state index contributed by atoms with van der Waals surface area (Å²) in [6, 6.07) is 0. The van der Waals surface area contributed by atoms with Crippen molar-refractivity contribution in [3.8, 4) is 0 Å². The Morgan fingerprint density at radius 1 is 1.54 bits per heavy atom. The van der Waals surface area contributed by atoms with Gasteiger partial charge < -0.3 is 15.8 Å². The Labute approximate surface area is 79.8 Å². The third kappa shape index (κ3) is 6.54. The molecule has 0 spiro atoms. The van der Waals surface area contributed by atoms with E-state index in [1.54, 1.807) is 0 Å². The highest BCUT2D eigenvalue weighted by Crippen LogP contribution is 2.05. The summed E-state index contributed by atoms with van der Waals surface area (Å²) in [4.78, 5) is 11.2. The van der Waals surface area contributed by atoms with Crippen molar-refractivity contribution in [1.82, 2.24) is 5.32 Å². The first-order valence-corrected chi connectivity index (χ1v) is 4.60. The molecule has 0 aromatic rings. The minimum atomic E-state index is -0.233. The van der Waals surface area contributed by atoms with Crippen LogP contribution >= 0.6 is 0 Å². The Morgan fingerprint density at radius 3 is 2.62 bits per heavy atom. The maximum Gasteiger partial charge on any atom is 0.246 e. The summed E-state index contributed by atoms with van der Waals surface area (Å²) in [5.41, 5.74) is 5.17. The van der Waals surface area contributed by atoms with Gasteiger partial charge in [0.2, 0.25) is 5.91 Å². The van der Waals surface area contributed by atoms with Crippen molar-refractivity contribution in [1.29, 1.82) is 0 Å². The van der Waals surface area contributed by atoms with Crippen LogP contribution in [0, 0.1) is 0 Å². The Kier molecular flexibility index (Phi) is 5.66. The van der Waals surface area contributed by atoms with Gasteiger partial charge in [0.15, 0.2) is 0 Å². The fourth-order valence-electron chi connectivity index (χ4n) is 1.03. The first kappa shape index (κ1) is 12.4. The van der Waals surface area contributed by atoms with Gasteiger partial charge >= 0.3 is 0 Å². The SMILES string of the molecule is CCOCC(=O)NC(C)(C)CCN. The highest BCUT2D eigenvalue weighted by molar-refractivity contribution is 5.77. The standard InChI is InChI=1S/C9H20N2O2/c1-4-13-7-8(12)11-9(2,3)5-6-10/h4-7,10H2,1-3H3,(H,11,12). The Balaban J connectivity index is 3.75. The van der Waals surface area contributed by atoms with Gasteiger partial charge in [-0.05, 0) is 33.7 Å². The van der Waals surface area contributed by atoms with E-state index >= 15 is 0 Å². The maximum absolute atomic E-state index is 11.2. The molecule has 4 heteroatoms. The van der Waals surface area contributed by atoms with Crippen molar-refractivity contribution in [3.05, 3.63) is 0 Å². The van der Waals surface area contributed by atoms with E-state index in [1.807, 2.05) is 20.8 Å². The Morgan fingerprint density at radius 2 is 2.15 bits per heavy atom. The zero-order valence-corrected chi connectivity index (χ0v) is 8.72. The highest BCUT2D eigenvalue weighted by Gasteiger charge is 2.18. The smallest absolute Gasteiger partial charge is 0.246 e. The van der Waals surface area contributed by atoms with Crippen LogP contribution in [0.25, 0.3) is 0 Å². The first-order chi connectivity index (χ1) is 6.02. The van der Waals surface area contributed by atoms with Crippen LogP contribution in [0.1, 0.15) is 27.2 Å². The van der Waals surface area contributed by atoms with Crippen LogP contribution in [-0.2, 0) is 9.53 Å². The van der Waals surface area contributed by atoms with Crippen molar-refractivity contribution >= 4 is 5.91 Å². The number of amides is 1. The van der Waals surface area contributed by atoms with E-state index < -0.39 is 0 Å². The number of hydrogen-bond acceptors (Lipinski definition) is 3. The predicted molar refractivity (Wildman–Crippen MR) is 52.4 cm³/mol. The van der Waals surface area contributed by atoms with Gasteiger partial charge in [-0.2, -0.15) is 0 Å². The lowest BCUT2D eigenvalue weighted by Crippen LogP contribution is -2.46. The predicted octanol–water partition coefficient (Wildman–Crippen LogP) is 0.267. The number of carbonyl (C=O) groups is 1. The minimum absolute atomic E-state index is 0.0831. The third-order valence-electron chi connectivity index (χ3n) is 1.68. The van der Waals surface area contributed by atoms with Crippen LogP contribution in [0.15, 0.2) is 0 Å². The maximum atomic E-state index is 11.2. The summed E-state index contributed by atoms with van der Waals surface area (Å²) in [6.45, 7) is 7.02. The molecule has 0 unspecified atom stereocenters. The van der Waals surface area contributed by atoms with Gasteiger partial charge in [0, 0.05) is 12.1 Å². The molecular weight excluding hydrogens is 168 g/mol. The van der Waals surface area contributed by atoms with Gasteiger partial charge in [-0.1, -0.05) is 0 Å². The Hall–Kier alpha value is -0.610. The van der Waals surface area contributed by atoms with Crippen molar-refractivity contribution in [2.24, 2.45) is 5.73 Å². The largest absolute Gasteiger partial charge is 0.372 e. The zero-order chi connectivity index (χ0) is 10.3. The Bertz CT molecular complexity index is 158. The number of ether oxygens (including phenoxy) is 1. The topological polar surface area (TPSA) is 64.3 Å². The second kappa shape index (κ2) is 5.94. The van der Waals surface area contributed by atoms with E-state index in [0.717, 1.165) is 6.42 Å². The van der Waals surface area contributed by atoms with Crippen LogP contribution < -0.4 is 11.1 Å². The van der Waals surface area contributed by atoms with Crippen molar-refractivity contribution < 1.29 is 9.53 Å². The number of rotatable bonds is 6.